The molecule has 45 heavy (non-hydrogen) atoms. The summed E-state index contributed by atoms with van der Waals surface area (Å²) in [6, 6.07) is -0.933. The van der Waals surface area contributed by atoms with E-state index >= 15 is 0 Å². The average Bonchev–Trinajstić information content (AvgIpc) is 2.96. The van der Waals surface area contributed by atoms with Gasteiger partial charge in [-0.3, -0.25) is 19.2 Å². The van der Waals surface area contributed by atoms with Crippen molar-refractivity contribution < 1.29 is 43.7 Å². The molecule has 246 valence electrons. The third kappa shape index (κ3) is 12.5. The number of ether oxygens (including phenoxy) is 2. The molecule has 0 fully saturated rings. The first-order chi connectivity index (χ1) is 21.2. The largest absolute Gasteiger partial charge is 0.429 e. The van der Waals surface area contributed by atoms with Crippen LogP contribution in [0.15, 0.2) is 71.2 Å². The van der Waals surface area contributed by atoms with Gasteiger partial charge in [0, 0.05) is 37.5 Å². The number of fused-ring (bicyclic) bond motifs is 2. The maximum atomic E-state index is 12.9. The van der Waals surface area contributed by atoms with Crippen LogP contribution in [0.3, 0.4) is 0 Å². The fourth-order valence-corrected chi connectivity index (χ4v) is 4.65. The van der Waals surface area contributed by atoms with Crippen molar-refractivity contribution in [3.05, 3.63) is 71.2 Å². The van der Waals surface area contributed by atoms with Crippen molar-refractivity contribution in [2.45, 2.75) is 91.1 Å². The van der Waals surface area contributed by atoms with E-state index < -0.39 is 53.7 Å². The molecular formula is C34H46N2O9. The van der Waals surface area contributed by atoms with E-state index in [9.17, 15) is 34.2 Å². The molecule has 5 atom stereocenters. The van der Waals surface area contributed by atoms with Gasteiger partial charge in [-0.25, -0.2) is 4.79 Å². The summed E-state index contributed by atoms with van der Waals surface area (Å²) in [5, 5.41) is 27.1. The fraction of sp³-hybridized carbons (Fsp3) is 0.500. The van der Waals surface area contributed by atoms with E-state index in [0.29, 0.717) is 12.0 Å². The van der Waals surface area contributed by atoms with Gasteiger partial charge in [0.25, 0.3) is 0 Å². The van der Waals surface area contributed by atoms with E-state index in [4.69, 9.17) is 9.47 Å². The predicted octanol–water partition coefficient (Wildman–Crippen LogP) is 3.05. The third-order valence-corrected chi connectivity index (χ3v) is 7.35. The Kier molecular flexibility index (Phi) is 15.0. The van der Waals surface area contributed by atoms with Gasteiger partial charge in [0.1, 0.15) is 11.8 Å². The molecule has 0 spiro atoms. The average molecular weight is 627 g/mol. The molecule has 2 rings (SSSR count). The number of hydrogen-bond donors (Lipinski definition) is 4. The van der Waals surface area contributed by atoms with Crippen LogP contribution in [0.5, 0.6) is 0 Å². The van der Waals surface area contributed by atoms with Crippen LogP contribution in [-0.2, 0) is 33.4 Å². The zero-order valence-corrected chi connectivity index (χ0v) is 26.9. The highest BCUT2D eigenvalue weighted by atomic mass is 16.5. The summed E-state index contributed by atoms with van der Waals surface area (Å²) in [4.78, 5) is 62.8. The lowest BCUT2D eigenvalue weighted by molar-refractivity contribution is -0.144. The quantitative estimate of drug-likeness (QED) is 0.197. The molecule has 0 aromatic carbocycles. The maximum Gasteiger partial charge on any atom is 0.333 e. The Labute approximate surface area is 264 Å². The Morgan fingerprint density at radius 3 is 2.44 bits per heavy atom. The summed E-state index contributed by atoms with van der Waals surface area (Å²) in [5.74, 6) is -2.83. The van der Waals surface area contributed by atoms with Crippen molar-refractivity contribution in [3.63, 3.8) is 0 Å². The first-order valence-electron chi connectivity index (χ1n) is 15.1. The number of methoxy groups -OCH3 is 1. The van der Waals surface area contributed by atoms with E-state index in [2.05, 4.69) is 10.6 Å². The molecule has 11 heteroatoms. The molecular weight excluding hydrogens is 580 g/mol. The number of Topliss-reactive ketones (excluding diaryl/α,β-unsaturated/α-hetero) is 1. The van der Waals surface area contributed by atoms with Crippen LogP contribution >= 0.6 is 0 Å². The second kappa shape index (κ2) is 18.1. The van der Waals surface area contributed by atoms with Crippen LogP contribution in [0.1, 0.15) is 66.7 Å². The third-order valence-electron chi connectivity index (χ3n) is 7.35. The molecule has 1 heterocycles. The molecule has 0 unspecified atom stereocenters. The van der Waals surface area contributed by atoms with Crippen molar-refractivity contribution in [2.75, 3.05) is 7.11 Å². The van der Waals surface area contributed by atoms with Gasteiger partial charge in [-0.2, -0.15) is 0 Å². The Hall–Kier alpha value is -3.93. The van der Waals surface area contributed by atoms with Crippen LogP contribution in [0.25, 0.3) is 0 Å². The van der Waals surface area contributed by atoms with Crippen LogP contribution in [0, 0.1) is 11.8 Å². The van der Waals surface area contributed by atoms with Gasteiger partial charge in [-0.1, -0.05) is 51.2 Å². The normalized spacial score (nSPS) is 28.5. The summed E-state index contributed by atoms with van der Waals surface area (Å²) in [6.07, 6.45) is 9.65. The summed E-state index contributed by atoms with van der Waals surface area (Å²) in [7, 11) is 1.42. The van der Waals surface area contributed by atoms with Gasteiger partial charge in [0.05, 0.1) is 30.4 Å². The maximum absolute atomic E-state index is 12.9. The van der Waals surface area contributed by atoms with Gasteiger partial charge in [0.2, 0.25) is 17.6 Å². The van der Waals surface area contributed by atoms with Gasteiger partial charge < -0.3 is 30.3 Å². The molecule has 2 amide bonds. The van der Waals surface area contributed by atoms with Crippen molar-refractivity contribution in [1.29, 1.82) is 0 Å². The highest BCUT2D eigenvalue weighted by Crippen LogP contribution is 2.24. The van der Waals surface area contributed by atoms with Crippen LogP contribution in [0.2, 0.25) is 0 Å². The fourth-order valence-electron chi connectivity index (χ4n) is 4.65. The first kappa shape index (κ1) is 37.3. The topological polar surface area (TPSA) is 168 Å². The Morgan fingerprint density at radius 2 is 1.78 bits per heavy atom. The number of esters is 1. The molecule has 0 radical (unpaired) electrons. The second-order valence-electron chi connectivity index (χ2n) is 11.8. The van der Waals surface area contributed by atoms with Gasteiger partial charge >= 0.3 is 5.97 Å². The smallest absolute Gasteiger partial charge is 0.333 e. The number of allylic oxidation sites excluding steroid dienone is 8. The van der Waals surface area contributed by atoms with Crippen LogP contribution < -0.4 is 10.6 Å². The monoisotopic (exact) mass is 626 g/mol. The van der Waals surface area contributed by atoms with E-state index in [-0.39, 0.29) is 54.5 Å². The Balaban J connectivity index is 2.34. The van der Waals surface area contributed by atoms with Crippen molar-refractivity contribution in [3.8, 4) is 0 Å². The van der Waals surface area contributed by atoms with Crippen molar-refractivity contribution >= 4 is 29.4 Å². The number of aliphatic hydroxyl groups is 2. The Bertz CT molecular complexity index is 1300. The summed E-state index contributed by atoms with van der Waals surface area (Å²) in [6.45, 7) is 8.64. The number of aliphatic hydroxyl groups excluding tert-OH is 2. The van der Waals surface area contributed by atoms with Gasteiger partial charge in [-0.05, 0) is 50.3 Å². The summed E-state index contributed by atoms with van der Waals surface area (Å²) in [5.41, 5.74) is 0.673. The van der Waals surface area contributed by atoms with Crippen molar-refractivity contribution in [1.82, 2.24) is 10.6 Å². The molecule has 4 N–H and O–H groups in total. The lowest BCUT2D eigenvalue weighted by Crippen LogP contribution is -2.40. The SMILES string of the molecule is CO[C@H]1\C=C/C=C\C=C(\OC(=O)[C@@H](C)NC(=O)CC(C)C)C[C@H](O)[C@H](C)[C@@H](O)/C(C)=C\CCC2=CC(=O)C=C(NC(=O)C1)C2=O. The Morgan fingerprint density at radius 1 is 1.07 bits per heavy atom. The zero-order chi connectivity index (χ0) is 33.7. The van der Waals surface area contributed by atoms with Crippen LogP contribution in [0.4, 0.5) is 0 Å². The number of hydrogen-bond acceptors (Lipinski definition) is 9. The minimum Gasteiger partial charge on any atom is -0.429 e. The van der Waals surface area contributed by atoms with Gasteiger partial charge in [0.15, 0.2) is 5.78 Å². The predicted molar refractivity (Wildman–Crippen MR) is 168 cm³/mol. The number of ketones is 2. The molecule has 1 aliphatic carbocycles. The van der Waals surface area contributed by atoms with E-state index in [1.54, 1.807) is 44.2 Å². The number of rotatable bonds is 6. The second-order valence-corrected chi connectivity index (χ2v) is 11.8. The molecule has 0 saturated carbocycles. The van der Waals surface area contributed by atoms with Crippen molar-refractivity contribution in [2.24, 2.45) is 11.8 Å². The molecule has 2 aliphatic rings. The highest BCUT2D eigenvalue weighted by molar-refractivity contribution is 6.21. The van der Waals surface area contributed by atoms with E-state index in [1.165, 1.54) is 26.2 Å². The van der Waals surface area contributed by atoms with E-state index in [0.717, 1.165) is 6.08 Å². The van der Waals surface area contributed by atoms with Gasteiger partial charge in [-0.15, -0.1) is 0 Å². The number of nitrogens with one attached hydrogen (secondary N) is 2. The first-order valence-corrected chi connectivity index (χ1v) is 15.1. The number of amides is 2. The highest BCUT2D eigenvalue weighted by Gasteiger charge is 2.28. The molecule has 2 bridgehead atoms. The number of carbonyl (C=O) groups is 5. The standard InChI is InChI=1S/C34H46N2O9/c1-20(2)15-30(39)35-23(5)34(43)45-27-14-9-7-8-13-26(44-6)19-31(40)36-28-17-25(37)16-24(33(28)42)12-10-11-21(3)32(41)22(4)29(38)18-27/h7-9,11,13-14,16-17,20,22-23,26,29,32,38,41H,10,12,15,18-19H2,1-6H3,(H,35,39)(H,36,40)/b9-7-,13-8-,21-11-,27-14+/t22-,23+,26-,29-,32-/m0/s1. The molecule has 0 aromatic rings. The molecule has 0 saturated heterocycles. The minimum absolute atomic E-state index is 0.106. The van der Waals surface area contributed by atoms with E-state index in [1.807, 2.05) is 13.8 Å². The van der Waals surface area contributed by atoms with Crippen LogP contribution in [-0.4, -0.2) is 71.0 Å². The molecule has 0 aromatic heterocycles. The summed E-state index contributed by atoms with van der Waals surface area (Å²) >= 11 is 0. The number of carbonyl (C=O) groups excluding carboxylic acids is 5. The summed E-state index contributed by atoms with van der Waals surface area (Å²) < 4.78 is 10.9. The molecule has 11 nitrogen and oxygen atoms in total. The minimum atomic E-state index is -1.12. The molecule has 1 aliphatic heterocycles. The lowest BCUT2D eigenvalue weighted by Gasteiger charge is -2.26. The zero-order valence-electron chi connectivity index (χ0n) is 26.9. The lowest BCUT2D eigenvalue weighted by atomic mass is 9.89.